The van der Waals surface area contributed by atoms with E-state index < -0.39 is 0 Å². The van der Waals surface area contributed by atoms with Gasteiger partial charge in [-0.1, -0.05) is 20.3 Å². The van der Waals surface area contributed by atoms with E-state index in [-0.39, 0.29) is 23.9 Å². The van der Waals surface area contributed by atoms with Gasteiger partial charge in [-0.2, -0.15) is 0 Å². The molecule has 2 rings (SSSR count). The third-order valence-corrected chi connectivity index (χ3v) is 4.34. The van der Waals surface area contributed by atoms with Crippen molar-refractivity contribution in [2.24, 2.45) is 11.8 Å². The average molecular weight is 252 g/mol. The monoisotopic (exact) mass is 252 g/mol. The van der Waals surface area contributed by atoms with Gasteiger partial charge in [0.05, 0.1) is 0 Å². The average Bonchev–Trinajstić information content (AvgIpc) is 2.72. The first-order valence-electron chi connectivity index (χ1n) is 7.13. The van der Waals surface area contributed by atoms with Crippen LogP contribution in [0.2, 0.25) is 0 Å². The Kier molecular flexibility index (Phi) is 3.93. The maximum Gasteiger partial charge on any atom is 0.245 e. The largest absolute Gasteiger partial charge is 0.343 e. The molecule has 4 unspecified atom stereocenters. The fraction of sp³-hybridized carbons (Fsp3) is 0.857. The summed E-state index contributed by atoms with van der Waals surface area (Å²) < 4.78 is 0. The van der Waals surface area contributed by atoms with E-state index in [1.807, 2.05) is 11.8 Å². The lowest BCUT2D eigenvalue weighted by atomic mass is 10.0. The normalized spacial score (nSPS) is 36.9. The van der Waals surface area contributed by atoms with Crippen LogP contribution in [0.5, 0.6) is 0 Å². The predicted molar refractivity (Wildman–Crippen MR) is 69.9 cm³/mol. The SMILES string of the molecule is CCC1C(=O)NC(C)C(=O)N1CC1CCC(C)C1. The van der Waals surface area contributed by atoms with Gasteiger partial charge in [-0.25, -0.2) is 0 Å². The molecule has 0 bridgehead atoms. The minimum atomic E-state index is -0.362. The molecule has 1 saturated carbocycles. The van der Waals surface area contributed by atoms with Crippen LogP contribution in [0.15, 0.2) is 0 Å². The number of amides is 2. The van der Waals surface area contributed by atoms with E-state index in [4.69, 9.17) is 0 Å². The molecule has 0 spiro atoms. The molecular formula is C14H24N2O2. The summed E-state index contributed by atoms with van der Waals surface area (Å²) in [6, 6.07) is -0.622. The summed E-state index contributed by atoms with van der Waals surface area (Å²) in [5, 5.41) is 2.76. The molecular weight excluding hydrogens is 228 g/mol. The van der Waals surface area contributed by atoms with Gasteiger partial charge in [0.2, 0.25) is 11.8 Å². The second kappa shape index (κ2) is 5.29. The zero-order chi connectivity index (χ0) is 13.3. The van der Waals surface area contributed by atoms with E-state index in [1.165, 1.54) is 19.3 Å². The van der Waals surface area contributed by atoms with Gasteiger partial charge in [0, 0.05) is 6.54 Å². The van der Waals surface area contributed by atoms with Crippen LogP contribution in [-0.4, -0.2) is 35.3 Å². The maximum absolute atomic E-state index is 12.2. The Balaban J connectivity index is 2.06. The first-order chi connectivity index (χ1) is 8.52. The summed E-state index contributed by atoms with van der Waals surface area (Å²) in [5.74, 6) is 1.44. The number of hydrogen-bond acceptors (Lipinski definition) is 2. The van der Waals surface area contributed by atoms with Crippen molar-refractivity contribution < 1.29 is 9.59 Å². The van der Waals surface area contributed by atoms with E-state index in [0.717, 1.165) is 12.5 Å². The van der Waals surface area contributed by atoms with Crippen LogP contribution in [0.1, 0.15) is 46.5 Å². The van der Waals surface area contributed by atoms with Crippen molar-refractivity contribution in [2.45, 2.75) is 58.5 Å². The highest BCUT2D eigenvalue weighted by Gasteiger charge is 2.39. The molecule has 4 heteroatoms. The molecule has 1 N–H and O–H groups in total. The lowest BCUT2D eigenvalue weighted by Gasteiger charge is -2.39. The molecule has 1 heterocycles. The van der Waals surface area contributed by atoms with Gasteiger partial charge < -0.3 is 10.2 Å². The van der Waals surface area contributed by atoms with Crippen LogP contribution in [-0.2, 0) is 9.59 Å². The van der Waals surface area contributed by atoms with Crippen molar-refractivity contribution >= 4 is 11.8 Å². The van der Waals surface area contributed by atoms with Crippen molar-refractivity contribution in [1.82, 2.24) is 10.2 Å². The van der Waals surface area contributed by atoms with Gasteiger partial charge in [-0.05, 0) is 38.0 Å². The Hall–Kier alpha value is -1.06. The molecule has 1 saturated heterocycles. The van der Waals surface area contributed by atoms with Gasteiger partial charge in [-0.3, -0.25) is 9.59 Å². The summed E-state index contributed by atoms with van der Waals surface area (Å²) in [5.41, 5.74) is 0. The highest BCUT2D eigenvalue weighted by atomic mass is 16.2. The van der Waals surface area contributed by atoms with Crippen molar-refractivity contribution in [3.8, 4) is 0 Å². The van der Waals surface area contributed by atoms with Crippen molar-refractivity contribution in [3.05, 3.63) is 0 Å². The second-order valence-corrected chi connectivity index (χ2v) is 5.93. The van der Waals surface area contributed by atoms with Crippen molar-refractivity contribution in [1.29, 1.82) is 0 Å². The van der Waals surface area contributed by atoms with Crippen molar-refractivity contribution in [2.75, 3.05) is 6.54 Å². The number of carbonyl (C=O) groups excluding carboxylic acids is 2. The summed E-state index contributed by atoms with van der Waals surface area (Å²) >= 11 is 0. The Morgan fingerprint density at radius 2 is 2.00 bits per heavy atom. The van der Waals surface area contributed by atoms with Crippen LogP contribution in [0.25, 0.3) is 0 Å². The summed E-state index contributed by atoms with van der Waals surface area (Å²) in [6.45, 7) is 6.78. The molecule has 0 aromatic carbocycles. The smallest absolute Gasteiger partial charge is 0.245 e. The van der Waals surface area contributed by atoms with Gasteiger partial charge >= 0.3 is 0 Å². The van der Waals surface area contributed by atoms with Gasteiger partial charge in [0.25, 0.3) is 0 Å². The van der Waals surface area contributed by atoms with Gasteiger partial charge in [-0.15, -0.1) is 0 Å². The third kappa shape index (κ3) is 2.52. The van der Waals surface area contributed by atoms with Crippen LogP contribution in [0.4, 0.5) is 0 Å². The fourth-order valence-corrected chi connectivity index (χ4v) is 3.31. The molecule has 2 aliphatic rings. The van der Waals surface area contributed by atoms with E-state index in [0.29, 0.717) is 12.3 Å². The number of nitrogens with one attached hydrogen (secondary N) is 1. The second-order valence-electron chi connectivity index (χ2n) is 5.93. The minimum Gasteiger partial charge on any atom is -0.343 e. The maximum atomic E-state index is 12.2. The number of rotatable bonds is 3. The zero-order valence-corrected chi connectivity index (χ0v) is 11.6. The van der Waals surface area contributed by atoms with E-state index in [9.17, 15) is 9.59 Å². The Bertz CT molecular complexity index is 343. The van der Waals surface area contributed by atoms with Gasteiger partial charge in [0.15, 0.2) is 0 Å². The predicted octanol–water partition coefficient (Wildman–Crippen LogP) is 1.55. The highest BCUT2D eigenvalue weighted by Crippen LogP contribution is 2.32. The lowest BCUT2D eigenvalue weighted by Crippen LogP contribution is -2.62. The first-order valence-corrected chi connectivity index (χ1v) is 7.13. The molecule has 0 aromatic rings. The fourth-order valence-electron chi connectivity index (χ4n) is 3.31. The summed E-state index contributed by atoms with van der Waals surface area (Å²) in [4.78, 5) is 26.0. The third-order valence-electron chi connectivity index (χ3n) is 4.34. The summed E-state index contributed by atoms with van der Waals surface area (Å²) in [7, 11) is 0. The Labute approximate surface area is 109 Å². The number of piperazine rings is 1. The minimum absolute atomic E-state index is 0.00986. The number of hydrogen-bond donors (Lipinski definition) is 1. The van der Waals surface area contributed by atoms with E-state index in [2.05, 4.69) is 12.2 Å². The highest BCUT2D eigenvalue weighted by molar-refractivity contribution is 5.96. The summed E-state index contributed by atoms with van der Waals surface area (Å²) in [6.07, 6.45) is 4.34. The van der Waals surface area contributed by atoms with E-state index >= 15 is 0 Å². The molecule has 4 nitrogen and oxygen atoms in total. The lowest BCUT2D eigenvalue weighted by molar-refractivity contribution is -0.149. The molecule has 2 amide bonds. The Morgan fingerprint density at radius 1 is 1.28 bits per heavy atom. The van der Waals surface area contributed by atoms with Crippen LogP contribution < -0.4 is 5.32 Å². The van der Waals surface area contributed by atoms with Crippen LogP contribution >= 0.6 is 0 Å². The molecule has 102 valence electrons. The van der Waals surface area contributed by atoms with E-state index in [1.54, 1.807) is 6.92 Å². The molecule has 1 aliphatic carbocycles. The number of carbonyl (C=O) groups is 2. The molecule has 1 aliphatic heterocycles. The number of nitrogens with zero attached hydrogens (tertiary/aromatic N) is 1. The topological polar surface area (TPSA) is 49.4 Å². The molecule has 4 atom stereocenters. The molecule has 2 fully saturated rings. The Morgan fingerprint density at radius 3 is 2.56 bits per heavy atom. The molecule has 0 radical (unpaired) electrons. The van der Waals surface area contributed by atoms with Gasteiger partial charge in [0.1, 0.15) is 12.1 Å². The molecule has 0 aromatic heterocycles. The zero-order valence-electron chi connectivity index (χ0n) is 11.6. The molecule has 18 heavy (non-hydrogen) atoms. The van der Waals surface area contributed by atoms with Crippen LogP contribution in [0, 0.1) is 11.8 Å². The standard InChI is InChI=1S/C14H24N2O2/c1-4-12-13(17)15-10(3)14(18)16(12)8-11-6-5-9(2)7-11/h9-12H,4-8H2,1-3H3,(H,15,17). The quantitative estimate of drug-likeness (QED) is 0.828. The first kappa shape index (κ1) is 13.4. The van der Waals surface area contributed by atoms with Crippen LogP contribution in [0.3, 0.4) is 0 Å². The van der Waals surface area contributed by atoms with Crippen molar-refractivity contribution in [3.63, 3.8) is 0 Å².